The van der Waals surface area contributed by atoms with Crippen LogP contribution in [0.4, 0.5) is 4.39 Å². The number of hydrogen-bond donors (Lipinski definition) is 1. The highest BCUT2D eigenvalue weighted by Crippen LogP contribution is 2.21. The maximum absolute atomic E-state index is 12.9. The topological polar surface area (TPSA) is 81.3 Å². The monoisotopic (exact) mass is 304 g/mol. The van der Waals surface area contributed by atoms with Crippen LogP contribution in [0.3, 0.4) is 0 Å². The summed E-state index contributed by atoms with van der Waals surface area (Å²) in [7, 11) is 0. The van der Waals surface area contributed by atoms with Crippen molar-refractivity contribution in [3.05, 3.63) is 58.4 Å². The largest absolute Gasteiger partial charge is 0.463 e. The van der Waals surface area contributed by atoms with Crippen molar-refractivity contribution in [1.29, 1.82) is 0 Å². The molecular weight excluding hydrogens is 291 g/mol. The van der Waals surface area contributed by atoms with Gasteiger partial charge in [-0.05, 0) is 37.3 Å². The van der Waals surface area contributed by atoms with Crippen molar-refractivity contribution in [3.8, 4) is 11.6 Å². The molecule has 1 heterocycles. The molecule has 2 aromatic rings. The molecule has 1 N–H and O–H groups in total. The van der Waals surface area contributed by atoms with E-state index in [2.05, 4.69) is 9.97 Å². The van der Waals surface area contributed by atoms with Gasteiger partial charge in [0.25, 0.3) is 5.56 Å². The zero-order chi connectivity index (χ0) is 15.9. The van der Waals surface area contributed by atoms with E-state index in [0.717, 1.165) is 6.08 Å². The maximum atomic E-state index is 12.9. The van der Waals surface area contributed by atoms with Crippen LogP contribution in [0.15, 0.2) is 41.5 Å². The van der Waals surface area contributed by atoms with Crippen LogP contribution in [0.1, 0.15) is 12.5 Å². The Kier molecular flexibility index (Phi) is 5.02. The average Bonchev–Trinajstić information content (AvgIpc) is 2.49. The SMILES string of the molecule is CCOC(=O)/C=C/c1c(Oc2ccc(F)cc2)nc[nH]c1=O. The summed E-state index contributed by atoms with van der Waals surface area (Å²) in [4.78, 5) is 29.4. The van der Waals surface area contributed by atoms with E-state index in [1.165, 1.54) is 36.7 Å². The first-order valence-corrected chi connectivity index (χ1v) is 6.46. The van der Waals surface area contributed by atoms with Gasteiger partial charge < -0.3 is 14.5 Å². The van der Waals surface area contributed by atoms with Crippen LogP contribution in [0.25, 0.3) is 6.08 Å². The lowest BCUT2D eigenvalue weighted by atomic mass is 10.3. The van der Waals surface area contributed by atoms with Gasteiger partial charge >= 0.3 is 5.97 Å². The number of aromatic nitrogens is 2. The lowest BCUT2D eigenvalue weighted by molar-refractivity contribution is -0.137. The number of hydrogen-bond acceptors (Lipinski definition) is 5. The van der Waals surface area contributed by atoms with Gasteiger partial charge in [0.1, 0.15) is 17.1 Å². The molecule has 0 aliphatic heterocycles. The van der Waals surface area contributed by atoms with Crippen molar-refractivity contribution in [3.63, 3.8) is 0 Å². The van der Waals surface area contributed by atoms with E-state index < -0.39 is 17.3 Å². The van der Waals surface area contributed by atoms with Crippen molar-refractivity contribution in [2.24, 2.45) is 0 Å². The van der Waals surface area contributed by atoms with Gasteiger partial charge in [0.2, 0.25) is 5.88 Å². The van der Waals surface area contributed by atoms with Crippen LogP contribution in [-0.4, -0.2) is 22.5 Å². The maximum Gasteiger partial charge on any atom is 0.330 e. The Morgan fingerprint density at radius 3 is 2.77 bits per heavy atom. The summed E-state index contributed by atoms with van der Waals surface area (Å²) < 4.78 is 23.0. The summed E-state index contributed by atoms with van der Waals surface area (Å²) >= 11 is 0. The van der Waals surface area contributed by atoms with E-state index in [0.29, 0.717) is 5.75 Å². The lowest BCUT2D eigenvalue weighted by Gasteiger charge is -2.06. The van der Waals surface area contributed by atoms with Gasteiger partial charge in [-0.1, -0.05) is 0 Å². The molecule has 0 amide bonds. The molecule has 0 spiro atoms. The van der Waals surface area contributed by atoms with Crippen molar-refractivity contribution in [2.45, 2.75) is 6.92 Å². The Labute approximate surface area is 125 Å². The highest BCUT2D eigenvalue weighted by atomic mass is 19.1. The fraction of sp³-hybridized carbons (Fsp3) is 0.133. The number of carbonyl (C=O) groups is 1. The van der Waals surface area contributed by atoms with Gasteiger partial charge in [0.15, 0.2) is 0 Å². The Morgan fingerprint density at radius 1 is 1.36 bits per heavy atom. The molecule has 6 nitrogen and oxygen atoms in total. The quantitative estimate of drug-likeness (QED) is 0.677. The molecule has 0 atom stereocenters. The van der Waals surface area contributed by atoms with Crippen molar-refractivity contribution >= 4 is 12.0 Å². The molecule has 0 saturated carbocycles. The Balaban J connectivity index is 2.28. The second-order valence-electron chi connectivity index (χ2n) is 4.09. The van der Waals surface area contributed by atoms with E-state index in [9.17, 15) is 14.0 Å². The summed E-state index contributed by atoms with van der Waals surface area (Å²) in [6.45, 7) is 1.90. The number of H-pyrrole nitrogens is 1. The van der Waals surface area contributed by atoms with Gasteiger partial charge in [0, 0.05) is 6.08 Å². The summed E-state index contributed by atoms with van der Waals surface area (Å²) in [6, 6.07) is 5.24. The van der Waals surface area contributed by atoms with E-state index in [1.54, 1.807) is 6.92 Å². The van der Waals surface area contributed by atoms with E-state index in [-0.39, 0.29) is 18.1 Å². The first-order chi connectivity index (χ1) is 10.6. The van der Waals surface area contributed by atoms with Crippen molar-refractivity contribution in [2.75, 3.05) is 6.61 Å². The van der Waals surface area contributed by atoms with Gasteiger partial charge in [-0.3, -0.25) is 4.79 Å². The minimum Gasteiger partial charge on any atom is -0.463 e. The molecule has 1 aromatic carbocycles. The van der Waals surface area contributed by atoms with Crippen LogP contribution >= 0.6 is 0 Å². The predicted molar refractivity (Wildman–Crippen MR) is 77.0 cm³/mol. The molecule has 0 aliphatic rings. The molecule has 7 heteroatoms. The molecule has 0 bridgehead atoms. The smallest absolute Gasteiger partial charge is 0.330 e. The molecule has 1 aromatic heterocycles. The number of esters is 1. The van der Waals surface area contributed by atoms with Crippen LogP contribution in [0.2, 0.25) is 0 Å². The Bertz CT molecular complexity index is 738. The highest BCUT2D eigenvalue weighted by Gasteiger charge is 2.09. The second kappa shape index (κ2) is 7.16. The first-order valence-electron chi connectivity index (χ1n) is 6.46. The molecule has 22 heavy (non-hydrogen) atoms. The number of carbonyl (C=O) groups excluding carboxylic acids is 1. The minimum atomic E-state index is -0.585. The van der Waals surface area contributed by atoms with Crippen molar-refractivity contribution < 1.29 is 18.7 Å². The standard InChI is InChI=1S/C15H13FN2O4/c1-2-21-13(19)8-7-12-14(20)17-9-18-15(12)22-11-5-3-10(16)4-6-11/h3-9H,2H2,1H3,(H,17,18,20)/b8-7+. The number of ether oxygens (including phenoxy) is 2. The molecule has 2 rings (SSSR count). The van der Waals surface area contributed by atoms with Crippen LogP contribution in [0.5, 0.6) is 11.6 Å². The molecule has 0 saturated heterocycles. The summed E-state index contributed by atoms with van der Waals surface area (Å²) in [5.74, 6) is -0.687. The zero-order valence-electron chi connectivity index (χ0n) is 11.7. The van der Waals surface area contributed by atoms with E-state index >= 15 is 0 Å². The number of aromatic amines is 1. The molecular formula is C15H13FN2O4. The average molecular weight is 304 g/mol. The molecule has 0 aliphatic carbocycles. The summed E-state index contributed by atoms with van der Waals surface area (Å²) in [5, 5.41) is 0. The van der Waals surface area contributed by atoms with Gasteiger partial charge in [-0.25, -0.2) is 14.2 Å². The lowest BCUT2D eigenvalue weighted by Crippen LogP contribution is -2.12. The number of halogens is 1. The third kappa shape index (κ3) is 4.02. The van der Waals surface area contributed by atoms with Crippen LogP contribution < -0.4 is 10.3 Å². The van der Waals surface area contributed by atoms with Gasteiger partial charge in [-0.15, -0.1) is 0 Å². The van der Waals surface area contributed by atoms with Gasteiger partial charge in [-0.2, -0.15) is 0 Å². The fourth-order valence-corrected chi connectivity index (χ4v) is 1.58. The van der Waals surface area contributed by atoms with E-state index in [1.807, 2.05) is 0 Å². The summed E-state index contributed by atoms with van der Waals surface area (Å²) in [5.41, 5.74) is -0.424. The normalized spacial score (nSPS) is 10.6. The predicted octanol–water partition coefficient (Wildman–Crippen LogP) is 2.28. The molecule has 0 unspecified atom stereocenters. The second-order valence-corrected chi connectivity index (χ2v) is 4.09. The Morgan fingerprint density at radius 2 is 2.09 bits per heavy atom. The van der Waals surface area contributed by atoms with Crippen LogP contribution in [0, 0.1) is 5.82 Å². The minimum absolute atomic E-state index is 0.00379. The number of nitrogens with zero attached hydrogens (tertiary/aromatic N) is 1. The van der Waals surface area contributed by atoms with Crippen molar-refractivity contribution in [1.82, 2.24) is 9.97 Å². The summed E-state index contributed by atoms with van der Waals surface area (Å²) in [6.07, 6.45) is 3.53. The third-order valence-electron chi connectivity index (χ3n) is 2.55. The highest BCUT2D eigenvalue weighted by molar-refractivity contribution is 5.87. The van der Waals surface area contributed by atoms with Crippen LogP contribution in [-0.2, 0) is 9.53 Å². The molecule has 114 valence electrons. The third-order valence-corrected chi connectivity index (χ3v) is 2.55. The molecule has 0 radical (unpaired) electrons. The Hall–Kier alpha value is -2.96. The number of benzene rings is 1. The van der Waals surface area contributed by atoms with E-state index in [4.69, 9.17) is 9.47 Å². The zero-order valence-corrected chi connectivity index (χ0v) is 11.7. The number of rotatable bonds is 5. The molecule has 0 fully saturated rings. The van der Waals surface area contributed by atoms with Gasteiger partial charge in [0.05, 0.1) is 12.9 Å². The number of nitrogens with one attached hydrogen (secondary N) is 1. The first kappa shape index (κ1) is 15.4. The fourth-order valence-electron chi connectivity index (χ4n) is 1.58.